The maximum absolute atomic E-state index is 12.9. The van der Waals surface area contributed by atoms with E-state index in [1.165, 1.54) is 24.5 Å². The van der Waals surface area contributed by atoms with Crippen molar-refractivity contribution in [2.75, 3.05) is 7.11 Å². The van der Waals surface area contributed by atoms with Crippen molar-refractivity contribution >= 4 is 11.9 Å². The summed E-state index contributed by atoms with van der Waals surface area (Å²) in [5.41, 5.74) is 2.16. The molecule has 27 heavy (non-hydrogen) atoms. The Morgan fingerprint density at radius 3 is 2.67 bits per heavy atom. The average molecular weight is 371 g/mol. The van der Waals surface area contributed by atoms with Gasteiger partial charge in [0.1, 0.15) is 6.26 Å². The van der Waals surface area contributed by atoms with Crippen molar-refractivity contribution in [3.05, 3.63) is 53.2 Å². The third-order valence-electron chi connectivity index (χ3n) is 4.43. The van der Waals surface area contributed by atoms with Crippen LogP contribution in [0.15, 0.2) is 34.9 Å². The summed E-state index contributed by atoms with van der Waals surface area (Å²) in [6.07, 6.45) is 1.89. The lowest BCUT2D eigenvalue weighted by Crippen LogP contribution is -2.54. The molecular formula is C20H25N3O4. The van der Waals surface area contributed by atoms with Gasteiger partial charge in [0.2, 0.25) is 11.8 Å². The molecule has 0 radical (unpaired) electrons. The van der Waals surface area contributed by atoms with E-state index in [1.54, 1.807) is 0 Å². The van der Waals surface area contributed by atoms with Crippen molar-refractivity contribution < 1.29 is 18.7 Å². The lowest BCUT2D eigenvalue weighted by molar-refractivity contribution is -0.128. The van der Waals surface area contributed by atoms with Gasteiger partial charge in [0.05, 0.1) is 19.7 Å². The number of methoxy groups -OCH3 is 1. The Morgan fingerprint density at radius 1 is 1.30 bits per heavy atom. The monoisotopic (exact) mass is 371 g/mol. The first-order valence-electron chi connectivity index (χ1n) is 8.92. The second kappa shape index (κ2) is 7.52. The van der Waals surface area contributed by atoms with Gasteiger partial charge in [-0.05, 0) is 38.3 Å². The van der Waals surface area contributed by atoms with Gasteiger partial charge in [0.15, 0.2) is 5.69 Å². The highest BCUT2D eigenvalue weighted by Gasteiger charge is 2.34. The Bertz CT molecular complexity index is 838. The number of aromatic nitrogens is 1. The topological polar surface area (TPSA) is 84.7 Å². The van der Waals surface area contributed by atoms with E-state index in [2.05, 4.69) is 27.2 Å². The van der Waals surface area contributed by atoms with E-state index < -0.39 is 5.97 Å². The fourth-order valence-corrected chi connectivity index (χ4v) is 3.21. The number of hydrogen-bond donors (Lipinski definition) is 1. The van der Waals surface area contributed by atoms with Crippen LogP contribution in [0.2, 0.25) is 0 Å². The van der Waals surface area contributed by atoms with Gasteiger partial charge in [0, 0.05) is 12.1 Å². The van der Waals surface area contributed by atoms with Crippen LogP contribution < -0.4 is 5.32 Å². The number of nitrogens with zero attached hydrogens (tertiary/aromatic N) is 2. The summed E-state index contributed by atoms with van der Waals surface area (Å²) in [7, 11) is 1.30. The van der Waals surface area contributed by atoms with E-state index >= 15 is 0 Å². The maximum atomic E-state index is 12.9. The van der Waals surface area contributed by atoms with Gasteiger partial charge in [-0.15, -0.1) is 0 Å². The second-order valence-electron chi connectivity index (χ2n) is 7.75. The number of carbonyl (C=O) groups excluding carboxylic acids is 2. The first-order chi connectivity index (χ1) is 12.8. The molecule has 0 saturated carbocycles. The number of esters is 1. The summed E-state index contributed by atoms with van der Waals surface area (Å²) in [5, 5.41) is 3.06. The number of fused-ring (bicyclic) bond motifs is 1. The third kappa shape index (κ3) is 4.54. The zero-order valence-electron chi connectivity index (χ0n) is 16.1. The van der Waals surface area contributed by atoms with E-state index in [4.69, 9.17) is 4.42 Å². The van der Waals surface area contributed by atoms with Gasteiger partial charge >= 0.3 is 5.97 Å². The molecule has 0 fully saturated rings. The van der Waals surface area contributed by atoms with Crippen molar-refractivity contribution in [1.29, 1.82) is 0 Å². The lowest BCUT2D eigenvalue weighted by Gasteiger charge is -2.36. The highest BCUT2D eigenvalue weighted by molar-refractivity contribution is 5.86. The average Bonchev–Trinajstić information content (AvgIpc) is 3.07. The number of amides is 1. The van der Waals surface area contributed by atoms with E-state index in [-0.39, 0.29) is 23.2 Å². The summed E-state index contributed by atoms with van der Waals surface area (Å²) >= 11 is 0. The van der Waals surface area contributed by atoms with Crippen LogP contribution in [0.5, 0.6) is 0 Å². The first-order valence-corrected chi connectivity index (χ1v) is 8.92. The highest BCUT2D eigenvalue weighted by atomic mass is 16.5. The molecule has 1 aliphatic rings. The van der Waals surface area contributed by atoms with Crippen LogP contribution in [0.4, 0.5) is 0 Å². The van der Waals surface area contributed by atoms with Crippen molar-refractivity contribution in [1.82, 2.24) is 15.2 Å². The number of hydrogen-bond acceptors (Lipinski definition) is 6. The zero-order chi connectivity index (χ0) is 19.6. The SMILES string of the molecule is COC(=O)c1coc(CN2Cc3ccccc3C[C@H]2C(=O)NC(C)(C)C)n1. The molecule has 1 atom stereocenters. The Morgan fingerprint density at radius 2 is 2.00 bits per heavy atom. The molecule has 2 heterocycles. The quantitative estimate of drug-likeness (QED) is 0.830. The Kier molecular flexibility index (Phi) is 5.32. The molecular weight excluding hydrogens is 346 g/mol. The molecule has 2 aromatic rings. The summed E-state index contributed by atoms with van der Waals surface area (Å²) in [6.45, 7) is 6.82. The van der Waals surface area contributed by atoms with E-state index in [0.717, 1.165) is 0 Å². The highest BCUT2D eigenvalue weighted by Crippen LogP contribution is 2.25. The molecule has 7 nitrogen and oxygen atoms in total. The lowest BCUT2D eigenvalue weighted by atomic mass is 9.93. The zero-order valence-corrected chi connectivity index (χ0v) is 16.1. The van der Waals surface area contributed by atoms with Crippen molar-refractivity contribution in [3.63, 3.8) is 0 Å². The fraction of sp³-hybridized carbons (Fsp3) is 0.450. The van der Waals surface area contributed by atoms with Gasteiger partial charge in [-0.1, -0.05) is 24.3 Å². The predicted octanol–water partition coefficient (Wildman–Crippen LogP) is 2.30. The molecule has 3 rings (SSSR count). The van der Waals surface area contributed by atoms with Crippen molar-refractivity contribution in [3.8, 4) is 0 Å². The van der Waals surface area contributed by atoms with Crippen LogP contribution in [-0.2, 0) is 29.0 Å². The molecule has 0 unspecified atom stereocenters. The minimum Gasteiger partial charge on any atom is -0.464 e. The molecule has 1 aliphatic heterocycles. The molecule has 7 heteroatoms. The van der Waals surface area contributed by atoms with E-state index in [9.17, 15) is 9.59 Å². The number of ether oxygens (including phenoxy) is 1. The summed E-state index contributed by atoms with van der Waals surface area (Å²) < 4.78 is 10.1. The van der Waals surface area contributed by atoms with E-state index in [0.29, 0.717) is 25.4 Å². The third-order valence-corrected chi connectivity index (χ3v) is 4.43. The number of rotatable bonds is 4. The van der Waals surface area contributed by atoms with Crippen molar-refractivity contribution in [2.24, 2.45) is 0 Å². The number of nitrogens with one attached hydrogen (secondary N) is 1. The standard InChI is InChI=1S/C20H25N3O4/c1-20(2,3)22-18(24)16-9-13-7-5-6-8-14(13)10-23(16)11-17-21-15(12-27-17)19(25)26-4/h5-8,12,16H,9-11H2,1-4H3,(H,22,24)/t16-/m0/s1. The molecule has 0 saturated heterocycles. The predicted molar refractivity (Wildman–Crippen MR) is 98.9 cm³/mol. The Labute approximate surface area is 158 Å². The van der Waals surface area contributed by atoms with Gasteiger partial charge < -0.3 is 14.5 Å². The van der Waals surface area contributed by atoms with Crippen LogP contribution >= 0.6 is 0 Å². The van der Waals surface area contributed by atoms with Crippen LogP contribution in [0.3, 0.4) is 0 Å². The Hall–Kier alpha value is -2.67. The first kappa shape index (κ1) is 19.1. The number of oxazole rings is 1. The smallest absolute Gasteiger partial charge is 0.360 e. The van der Waals surface area contributed by atoms with Crippen molar-refractivity contribution in [2.45, 2.75) is 51.9 Å². The van der Waals surface area contributed by atoms with Crippen LogP contribution in [0.25, 0.3) is 0 Å². The maximum Gasteiger partial charge on any atom is 0.360 e. The molecule has 0 spiro atoms. The largest absolute Gasteiger partial charge is 0.464 e. The number of benzene rings is 1. The molecule has 0 bridgehead atoms. The second-order valence-corrected chi connectivity index (χ2v) is 7.75. The number of carbonyl (C=O) groups is 2. The molecule has 1 N–H and O–H groups in total. The molecule has 0 aliphatic carbocycles. The Balaban J connectivity index is 1.84. The summed E-state index contributed by atoms with van der Waals surface area (Å²) in [6, 6.07) is 7.77. The summed E-state index contributed by atoms with van der Waals surface area (Å²) in [5.74, 6) is -0.198. The molecule has 1 aromatic heterocycles. The van der Waals surface area contributed by atoms with Gasteiger partial charge in [-0.3, -0.25) is 9.69 Å². The van der Waals surface area contributed by atoms with E-state index in [1.807, 2.05) is 37.8 Å². The van der Waals surface area contributed by atoms with Gasteiger partial charge in [-0.2, -0.15) is 0 Å². The van der Waals surface area contributed by atoms with Crippen LogP contribution in [0.1, 0.15) is 48.3 Å². The van der Waals surface area contributed by atoms with Crippen LogP contribution in [-0.4, -0.2) is 40.5 Å². The molecule has 1 aromatic carbocycles. The van der Waals surface area contributed by atoms with Gasteiger partial charge in [0.25, 0.3) is 0 Å². The van der Waals surface area contributed by atoms with Crippen LogP contribution in [0, 0.1) is 0 Å². The summed E-state index contributed by atoms with van der Waals surface area (Å²) in [4.78, 5) is 30.7. The normalized spacial score (nSPS) is 17.3. The minimum absolute atomic E-state index is 0.0308. The van der Waals surface area contributed by atoms with Gasteiger partial charge in [-0.25, -0.2) is 9.78 Å². The minimum atomic E-state index is -0.545. The molecule has 1 amide bonds. The molecule has 144 valence electrons. The fourth-order valence-electron chi connectivity index (χ4n) is 3.21.